The Kier molecular flexibility index (Phi) is 11.4. The number of aryl methyl sites for hydroxylation is 1. The van der Waals surface area contributed by atoms with Crippen LogP contribution < -0.4 is 15.5 Å². The number of nitrogens with one attached hydrogen (secondary N) is 2. The van der Waals surface area contributed by atoms with Gasteiger partial charge in [-0.25, -0.2) is 23.3 Å². The Morgan fingerprint density at radius 3 is 2.44 bits per heavy atom. The summed E-state index contributed by atoms with van der Waals surface area (Å²) in [7, 11) is 0.421. The summed E-state index contributed by atoms with van der Waals surface area (Å²) in [5.74, 6) is 0.786. The highest BCUT2D eigenvalue weighted by atomic mass is 32.2. The lowest BCUT2D eigenvalue weighted by molar-refractivity contribution is -0.138. The van der Waals surface area contributed by atoms with Gasteiger partial charge in [0.1, 0.15) is 17.1 Å². The maximum atomic E-state index is 13.6. The maximum Gasteiger partial charge on any atom is 0.419 e. The van der Waals surface area contributed by atoms with Gasteiger partial charge >= 0.3 is 12.2 Å². The fraction of sp³-hybridized carbons (Fsp3) is 0.459. The van der Waals surface area contributed by atoms with Gasteiger partial charge in [0.2, 0.25) is 11.9 Å². The van der Waals surface area contributed by atoms with Gasteiger partial charge in [0.05, 0.1) is 21.5 Å². The molecule has 3 aliphatic heterocycles. The third-order valence-corrected chi connectivity index (χ3v) is 13.0. The lowest BCUT2D eigenvalue weighted by Gasteiger charge is -2.33. The van der Waals surface area contributed by atoms with E-state index in [-0.39, 0.29) is 29.6 Å². The third-order valence-electron chi connectivity index (χ3n) is 10.3. The van der Waals surface area contributed by atoms with Crippen LogP contribution in [-0.2, 0) is 29.0 Å². The molecule has 0 aliphatic carbocycles. The van der Waals surface area contributed by atoms with Crippen LogP contribution in [0, 0.1) is 11.3 Å². The zero-order valence-electron chi connectivity index (χ0n) is 30.4. The number of hydrogen-bond acceptors (Lipinski definition) is 10. The van der Waals surface area contributed by atoms with Gasteiger partial charge in [0.25, 0.3) is 0 Å². The highest BCUT2D eigenvalue weighted by molar-refractivity contribution is 8.00. The Morgan fingerprint density at radius 2 is 1.76 bits per heavy atom. The van der Waals surface area contributed by atoms with E-state index in [0.717, 1.165) is 60.7 Å². The number of carbonyl (C=O) groups excluding carboxylic acids is 2. The molecule has 3 aliphatic rings. The number of nitriles is 1. The predicted molar refractivity (Wildman–Crippen MR) is 203 cm³/mol. The van der Waals surface area contributed by atoms with Crippen LogP contribution in [0.4, 0.5) is 29.7 Å². The number of hydrogen-bond donors (Lipinski definition) is 2. The minimum Gasteiger partial charge on any atom is -0.351 e. The molecule has 0 spiro atoms. The van der Waals surface area contributed by atoms with Crippen LogP contribution in [0.1, 0.15) is 61.6 Å². The van der Waals surface area contributed by atoms with Crippen molar-refractivity contribution >= 4 is 57.4 Å². The Labute approximate surface area is 323 Å². The van der Waals surface area contributed by atoms with E-state index in [2.05, 4.69) is 55.7 Å². The third kappa shape index (κ3) is 8.80. The first-order valence-electron chi connectivity index (χ1n) is 18.2. The van der Waals surface area contributed by atoms with Crippen LogP contribution in [-0.4, -0.2) is 95.7 Å². The first-order valence-corrected chi connectivity index (χ1v) is 20.2. The second-order valence-electron chi connectivity index (χ2n) is 14.1. The Morgan fingerprint density at radius 1 is 1.04 bits per heavy atom. The zero-order chi connectivity index (χ0) is 38.9. The van der Waals surface area contributed by atoms with Gasteiger partial charge in [-0.15, -0.1) is 11.8 Å². The number of fused-ring (bicyclic) bond motifs is 1. The number of urea groups is 1. The van der Waals surface area contributed by atoms with Crippen molar-refractivity contribution in [1.82, 2.24) is 34.3 Å². The fourth-order valence-corrected chi connectivity index (χ4v) is 9.86. The van der Waals surface area contributed by atoms with E-state index in [1.807, 2.05) is 23.5 Å². The highest BCUT2D eigenvalue weighted by Gasteiger charge is 2.32. The van der Waals surface area contributed by atoms with Gasteiger partial charge in [0.15, 0.2) is 5.82 Å². The molecule has 0 radical (unpaired) electrons. The number of piperidine rings is 2. The molecule has 2 atom stereocenters. The molecule has 290 valence electrons. The van der Waals surface area contributed by atoms with Gasteiger partial charge in [-0.3, -0.25) is 19.7 Å². The van der Waals surface area contributed by atoms with Crippen molar-refractivity contribution in [3.63, 3.8) is 0 Å². The van der Waals surface area contributed by atoms with Crippen molar-refractivity contribution in [2.24, 2.45) is 7.05 Å². The number of nitrogens with zero attached hydrogens (tertiary/aromatic N) is 8. The highest BCUT2D eigenvalue weighted by Crippen LogP contribution is 2.35. The van der Waals surface area contributed by atoms with Crippen molar-refractivity contribution in [2.45, 2.75) is 72.2 Å². The van der Waals surface area contributed by atoms with E-state index in [1.54, 1.807) is 28.6 Å². The molecular formula is C37H41F3N10O3S2. The van der Waals surface area contributed by atoms with Crippen molar-refractivity contribution in [1.29, 1.82) is 5.26 Å². The molecule has 3 fully saturated rings. The molecule has 2 N–H and O–H groups in total. The van der Waals surface area contributed by atoms with E-state index in [4.69, 9.17) is 0 Å². The smallest absolute Gasteiger partial charge is 0.351 e. The molecular weight excluding hydrogens is 754 g/mol. The predicted octanol–water partition coefficient (Wildman–Crippen LogP) is 5.66. The van der Waals surface area contributed by atoms with E-state index >= 15 is 0 Å². The van der Waals surface area contributed by atoms with Gasteiger partial charge in [-0.1, -0.05) is 13.0 Å². The number of thioether (sulfide) groups is 1. The summed E-state index contributed by atoms with van der Waals surface area (Å²) in [5.41, 5.74) is 1.81. The molecule has 3 amide bonds. The largest absolute Gasteiger partial charge is 0.419 e. The molecule has 3 saturated heterocycles. The molecule has 4 aromatic rings. The minimum atomic E-state index is -4.50. The number of amides is 3. The molecule has 7 rings (SSSR count). The summed E-state index contributed by atoms with van der Waals surface area (Å²) < 4.78 is 55.8. The lowest BCUT2D eigenvalue weighted by Crippen LogP contribution is -2.49. The van der Waals surface area contributed by atoms with Crippen LogP contribution in [0.25, 0.3) is 10.9 Å². The standard InChI is InChI=1S/C37H41F3N10O3S2/c1-23(22-48-12-7-24(8-13-48)25-4-6-30-31(17-25)47(2)46-34(30)50-16-11-33(51)45-36(50)52)54-32-18-29(5-3-26(32)19-41)55(53)49-14-9-28(10-15-49)44-35-42-20-27(21-43-35)37(38,39)40/h3-6,17-18,20-21,23-24,28H,7-16,22H2,1-2H3,(H,42,43,44)(H,45,51,52). The number of halogens is 3. The maximum absolute atomic E-state index is 13.6. The van der Waals surface area contributed by atoms with Crippen LogP contribution in [0.3, 0.4) is 0 Å². The minimum absolute atomic E-state index is 0.0638. The normalized spacial score (nSPS) is 19.3. The number of benzene rings is 2. The lowest BCUT2D eigenvalue weighted by atomic mass is 9.89. The van der Waals surface area contributed by atoms with Gasteiger partial charge < -0.3 is 10.2 Å². The van der Waals surface area contributed by atoms with Crippen LogP contribution in [0.15, 0.2) is 58.6 Å². The Balaban J connectivity index is 0.909. The Bertz CT molecular complexity index is 2130. The molecule has 13 nitrogen and oxygen atoms in total. The SMILES string of the molecule is CC(CN1CCC(c2ccc3c(N4CCC(=O)NC4=O)nn(C)c3c2)CC1)Sc1cc(S(=O)N2CCC(Nc3ncc(C(F)(F)F)cn3)CC2)ccc1C#N. The van der Waals surface area contributed by atoms with Crippen molar-refractivity contribution in [2.75, 3.05) is 49.5 Å². The zero-order valence-corrected chi connectivity index (χ0v) is 32.0. The summed E-state index contributed by atoms with van der Waals surface area (Å²) in [5, 5.41) is 21.0. The Hall–Kier alpha value is -4.57. The van der Waals surface area contributed by atoms with Gasteiger partial charge in [-0.2, -0.15) is 23.5 Å². The topological polar surface area (TPSA) is 152 Å². The number of carbonyl (C=O) groups is 2. The molecule has 18 heteroatoms. The summed E-state index contributed by atoms with van der Waals surface area (Å²) in [6.45, 7) is 6.16. The number of alkyl halides is 3. The van der Waals surface area contributed by atoms with Gasteiger partial charge in [-0.05, 0) is 80.6 Å². The van der Waals surface area contributed by atoms with Crippen molar-refractivity contribution in [3.05, 3.63) is 65.5 Å². The average Bonchev–Trinajstić information content (AvgIpc) is 3.49. The van der Waals surface area contributed by atoms with E-state index in [0.29, 0.717) is 54.7 Å². The average molecular weight is 795 g/mol. The molecule has 2 unspecified atom stereocenters. The summed E-state index contributed by atoms with van der Waals surface area (Å²) >= 11 is 1.61. The summed E-state index contributed by atoms with van der Waals surface area (Å²) in [6, 6.07) is 13.4. The van der Waals surface area contributed by atoms with Crippen LogP contribution in [0.5, 0.6) is 0 Å². The van der Waals surface area contributed by atoms with Crippen molar-refractivity contribution < 1.29 is 27.0 Å². The number of likely N-dealkylation sites (tertiary alicyclic amines) is 1. The number of anilines is 2. The number of imide groups is 1. The van der Waals surface area contributed by atoms with Crippen LogP contribution >= 0.6 is 11.8 Å². The molecule has 0 bridgehead atoms. The van der Waals surface area contributed by atoms with Crippen molar-refractivity contribution in [3.8, 4) is 6.07 Å². The summed E-state index contributed by atoms with van der Waals surface area (Å²) in [4.78, 5) is 37.1. The molecule has 2 aromatic heterocycles. The first-order chi connectivity index (χ1) is 26.4. The molecule has 2 aromatic carbocycles. The molecule has 5 heterocycles. The summed E-state index contributed by atoms with van der Waals surface area (Å²) in [6.07, 6.45) is 0.476. The van der Waals surface area contributed by atoms with E-state index < -0.39 is 28.8 Å². The second-order valence-corrected chi connectivity index (χ2v) is 17.1. The first kappa shape index (κ1) is 38.7. The van der Waals surface area contributed by atoms with Gasteiger partial charge in [0, 0.05) is 73.6 Å². The van der Waals surface area contributed by atoms with E-state index in [9.17, 15) is 32.2 Å². The molecule has 0 saturated carbocycles. The fourth-order valence-electron chi connectivity index (χ4n) is 7.39. The molecule has 55 heavy (non-hydrogen) atoms. The second kappa shape index (κ2) is 16.3. The van der Waals surface area contributed by atoms with Crippen LogP contribution in [0.2, 0.25) is 0 Å². The van der Waals surface area contributed by atoms with E-state index in [1.165, 1.54) is 10.5 Å². The number of aromatic nitrogens is 4. The quantitative estimate of drug-likeness (QED) is 0.193. The monoisotopic (exact) mass is 794 g/mol. The number of rotatable bonds is 10.